The van der Waals surface area contributed by atoms with Crippen LogP contribution < -0.4 is 20.1 Å². The summed E-state index contributed by atoms with van der Waals surface area (Å²) in [6.45, 7) is 2.19. The highest BCUT2D eigenvalue weighted by Crippen LogP contribution is 2.37. The van der Waals surface area contributed by atoms with Crippen LogP contribution in [0.25, 0.3) is 11.3 Å². The second kappa shape index (κ2) is 13.4. The molecule has 2 aliphatic rings. The lowest BCUT2D eigenvalue weighted by Crippen LogP contribution is -2.41. The summed E-state index contributed by atoms with van der Waals surface area (Å²) in [5, 5.41) is 6.41. The molecule has 0 saturated carbocycles. The van der Waals surface area contributed by atoms with E-state index in [2.05, 4.69) is 20.6 Å². The number of methoxy groups -OCH3 is 2. The molecule has 0 radical (unpaired) electrons. The lowest BCUT2D eigenvalue weighted by molar-refractivity contribution is -0.0543. The van der Waals surface area contributed by atoms with Crippen LogP contribution in [0.5, 0.6) is 11.5 Å². The molecule has 2 N–H and O–H groups in total. The number of amides is 1. The average molecular weight is 651 g/mol. The van der Waals surface area contributed by atoms with Gasteiger partial charge < -0.3 is 29.9 Å². The number of likely N-dealkylation sites (tertiary alicyclic amines) is 1. The molecule has 9 nitrogen and oxygen atoms in total. The minimum absolute atomic E-state index is 0.0345. The molecular weight excluding hydrogens is 616 g/mol. The topological polar surface area (TPSA) is 91.9 Å². The number of hydrogen-bond acceptors (Lipinski definition) is 8. The third kappa shape index (κ3) is 7.09. The van der Waals surface area contributed by atoms with Gasteiger partial charge >= 0.3 is 0 Å². The quantitative estimate of drug-likeness (QED) is 0.178. The summed E-state index contributed by atoms with van der Waals surface area (Å²) in [5.74, 6) is -2.91. The zero-order chi connectivity index (χ0) is 33.1. The van der Waals surface area contributed by atoms with Crippen LogP contribution in [0, 0.1) is 11.6 Å². The number of piperidine rings is 1. The Kier molecular flexibility index (Phi) is 9.17. The van der Waals surface area contributed by atoms with Crippen LogP contribution in [0.4, 0.5) is 34.8 Å². The Morgan fingerprint density at radius 1 is 0.957 bits per heavy atom. The number of anilines is 3. The molecule has 4 heterocycles. The number of nitrogens with one attached hydrogen (secondary N) is 2. The third-order valence-corrected chi connectivity index (χ3v) is 8.38. The number of fused-ring (bicyclic) bond motifs is 1. The number of nitrogens with zero attached hydrogens (tertiary/aromatic N) is 4. The van der Waals surface area contributed by atoms with Crippen LogP contribution in [-0.4, -0.2) is 72.0 Å². The summed E-state index contributed by atoms with van der Waals surface area (Å²) in [6, 6.07) is 13.8. The van der Waals surface area contributed by atoms with Crippen molar-refractivity contribution >= 4 is 23.1 Å². The maximum absolute atomic E-state index is 14.9. The van der Waals surface area contributed by atoms with E-state index < -0.39 is 17.6 Å². The molecular formula is C34H34F4N6O3. The van der Waals surface area contributed by atoms with E-state index in [0.717, 1.165) is 23.4 Å². The van der Waals surface area contributed by atoms with Crippen LogP contribution in [0.2, 0.25) is 0 Å². The van der Waals surface area contributed by atoms with Crippen LogP contribution >= 0.6 is 0 Å². The van der Waals surface area contributed by atoms with Gasteiger partial charge in [0.05, 0.1) is 67.4 Å². The van der Waals surface area contributed by atoms with Crippen LogP contribution in [0.15, 0.2) is 60.8 Å². The van der Waals surface area contributed by atoms with Crippen LogP contribution in [0.3, 0.4) is 0 Å². The number of pyridine rings is 2. The van der Waals surface area contributed by atoms with E-state index in [-0.39, 0.29) is 48.7 Å². The van der Waals surface area contributed by atoms with Crippen molar-refractivity contribution < 1.29 is 31.8 Å². The molecule has 0 spiro atoms. The van der Waals surface area contributed by atoms with Gasteiger partial charge in [0.1, 0.15) is 29.0 Å². The van der Waals surface area contributed by atoms with Gasteiger partial charge in [-0.1, -0.05) is 6.07 Å². The summed E-state index contributed by atoms with van der Waals surface area (Å²) in [5.41, 5.74) is 2.14. The Labute approximate surface area is 269 Å². The summed E-state index contributed by atoms with van der Waals surface area (Å²) in [7, 11) is 3.08. The van der Waals surface area contributed by atoms with E-state index in [1.165, 1.54) is 19.2 Å². The van der Waals surface area contributed by atoms with E-state index >= 15 is 0 Å². The Balaban J connectivity index is 1.23. The summed E-state index contributed by atoms with van der Waals surface area (Å²) >= 11 is 0. The van der Waals surface area contributed by atoms with Crippen molar-refractivity contribution in [2.45, 2.75) is 31.9 Å². The van der Waals surface area contributed by atoms with Gasteiger partial charge in [-0.15, -0.1) is 0 Å². The first-order valence-corrected chi connectivity index (χ1v) is 15.2. The number of halogens is 4. The summed E-state index contributed by atoms with van der Waals surface area (Å²) in [4.78, 5) is 26.4. The molecule has 1 fully saturated rings. The van der Waals surface area contributed by atoms with Gasteiger partial charge in [-0.05, 0) is 42.5 Å². The molecule has 2 aromatic carbocycles. The first-order chi connectivity index (χ1) is 22.6. The molecule has 246 valence electrons. The highest BCUT2D eigenvalue weighted by Gasteiger charge is 2.35. The SMILES string of the molecule is COc1ccc(CN2Cc3nc(-c4c(F)cccc4F)cc(Nc4ccc(NCCN5CCC(F)(F)CC5)cn4)c3C2=O)c(OC)c1. The predicted molar refractivity (Wildman–Crippen MR) is 169 cm³/mol. The molecule has 0 bridgehead atoms. The summed E-state index contributed by atoms with van der Waals surface area (Å²) < 4.78 is 67.4. The molecule has 6 rings (SSSR count). The van der Waals surface area contributed by atoms with Crippen molar-refractivity contribution in [3.8, 4) is 22.8 Å². The Hall–Kier alpha value is -4.91. The second-order valence-electron chi connectivity index (χ2n) is 11.5. The lowest BCUT2D eigenvalue weighted by Gasteiger charge is -2.31. The van der Waals surface area contributed by atoms with Crippen LogP contribution in [-0.2, 0) is 13.1 Å². The minimum Gasteiger partial charge on any atom is -0.497 e. The molecule has 0 aliphatic carbocycles. The third-order valence-electron chi connectivity index (χ3n) is 8.38. The number of hydrogen-bond donors (Lipinski definition) is 2. The Morgan fingerprint density at radius 3 is 2.40 bits per heavy atom. The van der Waals surface area contributed by atoms with Crippen molar-refractivity contribution in [2.24, 2.45) is 0 Å². The molecule has 47 heavy (non-hydrogen) atoms. The number of rotatable bonds is 11. The fourth-order valence-electron chi connectivity index (χ4n) is 5.82. The van der Waals surface area contributed by atoms with Crippen molar-refractivity contribution in [1.82, 2.24) is 19.8 Å². The highest BCUT2D eigenvalue weighted by atomic mass is 19.3. The van der Waals surface area contributed by atoms with Gasteiger partial charge in [-0.25, -0.2) is 27.5 Å². The number of ether oxygens (including phenoxy) is 2. The van der Waals surface area contributed by atoms with E-state index in [1.807, 2.05) is 11.0 Å². The van der Waals surface area contributed by atoms with E-state index in [4.69, 9.17) is 9.47 Å². The first-order valence-electron chi connectivity index (χ1n) is 15.2. The van der Waals surface area contributed by atoms with Gasteiger partial charge in [-0.3, -0.25) is 4.79 Å². The summed E-state index contributed by atoms with van der Waals surface area (Å²) in [6.07, 6.45) is 1.35. The lowest BCUT2D eigenvalue weighted by atomic mass is 10.1. The minimum atomic E-state index is -2.58. The molecule has 2 aromatic heterocycles. The average Bonchev–Trinajstić information content (AvgIpc) is 3.37. The zero-order valence-electron chi connectivity index (χ0n) is 26.0. The predicted octanol–water partition coefficient (Wildman–Crippen LogP) is 6.48. The van der Waals surface area contributed by atoms with Crippen molar-refractivity contribution in [3.63, 3.8) is 0 Å². The normalized spacial score (nSPS) is 15.8. The smallest absolute Gasteiger partial charge is 0.258 e. The fourth-order valence-corrected chi connectivity index (χ4v) is 5.82. The van der Waals surface area contributed by atoms with Gasteiger partial charge in [0, 0.05) is 50.7 Å². The standard InChI is InChI=1S/C34H34F4N6O3/c1-46-23-8-6-21(29(16-23)47-2)19-44-20-28-32(33(44)45)27(17-26(41-28)31-24(35)4-3-5-25(31)36)42-30-9-7-22(18-40-30)39-12-15-43-13-10-34(37,38)11-14-43/h3-9,16-18,39H,10-15,19-20H2,1-2H3,(H,40,41,42). The molecule has 4 aromatic rings. The molecule has 0 atom stereocenters. The van der Waals surface area contributed by atoms with Crippen molar-refractivity contribution in [3.05, 3.63) is 89.2 Å². The highest BCUT2D eigenvalue weighted by molar-refractivity contribution is 6.04. The van der Waals surface area contributed by atoms with E-state index in [0.29, 0.717) is 54.9 Å². The van der Waals surface area contributed by atoms with Crippen molar-refractivity contribution in [1.29, 1.82) is 0 Å². The van der Waals surface area contributed by atoms with Gasteiger partial charge in [-0.2, -0.15) is 0 Å². The molecule has 2 aliphatic heterocycles. The molecule has 0 unspecified atom stereocenters. The van der Waals surface area contributed by atoms with E-state index in [1.54, 1.807) is 42.5 Å². The number of aromatic nitrogens is 2. The maximum Gasteiger partial charge on any atom is 0.258 e. The Bertz CT molecular complexity index is 1740. The van der Waals surface area contributed by atoms with Gasteiger partial charge in [0.25, 0.3) is 11.8 Å². The number of alkyl halides is 2. The maximum atomic E-state index is 14.9. The van der Waals surface area contributed by atoms with Crippen LogP contribution in [0.1, 0.15) is 34.5 Å². The molecule has 1 amide bonds. The fraction of sp³-hybridized carbons (Fsp3) is 0.324. The van der Waals surface area contributed by atoms with Gasteiger partial charge in [0.2, 0.25) is 0 Å². The monoisotopic (exact) mass is 650 g/mol. The second-order valence-corrected chi connectivity index (χ2v) is 11.5. The van der Waals surface area contributed by atoms with Crippen molar-refractivity contribution in [2.75, 3.05) is 51.0 Å². The van der Waals surface area contributed by atoms with Gasteiger partial charge in [0.15, 0.2) is 0 Å². The number of carbonyl (C=O) groups is 1. The number of benzene rings is 2. The number of carbonyl (C=O) groups excluding carboxylic acids is 1. The Morgan fingerprint density at radius 2 is 1.72 bits per heavy atom. The largest absolute Gasteiger partial charge is 0.497 e. The molecule has 13 heteroatoms. The van der Waals surface area contributed by atoms with E-state index in [9.17, 15) is 22.4 Å². The zero-order valence-corrected chi connectivity index (χ0v) is 26.0. The first kappa shape index (κ1) is 32.0. The molecule has 1 saturated heterocycles.